The monoisotopic (exact) mass is 394 g/mol. The van der Waals surface area contributed by atoms with E-state index in [1.54, 1.807) is 49.4 Å². The van der Waals surface area contributed by atoms with Crippen LogP contribution >= 0.6 is 22.9 Å². The molecule has 0 unspecified atom stereocenters. The second-order valence-corrected chi connectivity index (χ2v) is 7.71. The third-order valence-corrected chi connectivity index (χ3v) is 4.87. The molecule has 0 bridgehead atoms. The van der Waals surface area contributed by atoms with Gasteiger partial charge >= 0.3 is 0 Å². The van der Waals surface area contributed by atoms with Gasteiger partial charge in [-0.15, -0.1) is 11.3 Å². The zero-order chi connectivity index (χ0) is 19.2. The lowest BCUT2D eigenvalue weighted by Crippen LogP contribution is -2.51. The molecule has 0 fully saturated rings. The second-order valence-electron chi connectivity index (χ2n) is 6.24. The Kier molecular flexibility index (Phi) is 7.06. The van der Waals surface area contributed by atoms with Gasteiger partial charge in [-0.25, -0.2) is 0 Å². The largest absolute Gasteiger partial charge is 0.478 e. The Balaban J connectivity index is 1.94. The second kappa shape index (κ2) is 9.05. The molecular weight excluding hydrogens is 372 g/mol. The topological polar surface area (TPSA) is 58.6 Å². The molecule has 2 amide bonds. The van der Waals surface area contributed by atoms with Gasteiger partial charge in [0.05, 0.1) is 13.1 Å². The summed E-state index contributed by atoms with van der Waals surface area (Å²) >= 11 is 7.45. The molecule has 140 valence electrons. The number of nitrogens with one attached hydrogen (secondary N) is 1. The van der Waals surface area contributed by atoms with Crippen molar-refractivity contribution in [3.05, 3.63) is 51.7 Å². The lowest BCUT2D eigenvalue weighted by Gasteiger charge is -2.31. The van der Waals surface area contributed by atoms with E-state index in [0.29, 0.717) is 23.9 Å². The lowest BCUT2D eigenvalue weighted by molar-refractivity contribution is -0.147. The van der Waals surface area contributed by atoms with Crippen molar-refractivity contribution in [2.45, 2.75) is 32.9 Å². The normalized spacial score (nSPS) is 11.1. The summed E-state index contributed by atoms with van der Waals surface area (Å²) in [4.78, 5) is 27.6. The van der Waals surface area contributed by atoms with E-state index in [2.05, 4.69) is 5.32 Å². The lowest BCUT2D eigenvalue weighted by atomic mass is 10.1. The molecule has 0 atom stereocenters. The molecule has 1 aromatic heterocycles. The van der Waals surface area contributed by atoms with Crippen LogP contribution in [0.15, 0.2) is 41.8 Å². The Morgan fingerprint density at radius 3 is 2.50 bits per heavy atom. The SMILES string of the molecule is CCN(CC(=O)NCc1cccs1)C(=O)C(C)(C)Oc1ccc(Cl)cc1. The number of halogens is 1. The number of amides is 2. The number of carbonyl (C=O) groups excluding carboxylic acids is 2. The number of hydrogen-bond acceptors (Lipinski definition) is 4. The van der Waals surface area contributed by atoms with Crippen molar-refractivity contribution in [3.8, 4) is 5.75 Å². The summed E-state index contributed by atoms with van der Waals surface area (Å²) in [5, 5.41) is 5.39. The van der Waals surface area contributed by atoms with Crippen molar-refractivity contribution in [2.24, 2.45) is 0 Å². The highest BCUT2D eigenvalue weighted by Gasteiger charge is 2.34. The highest BCUT2D eigenvalue weighted by Crippen LogP contribution is 2.22. The number of thiophene rings is 1. The third-order valence-electron chi connectivity index (χ3n) is 3.74. The van der Waals surface area contributed by atoms with E-state index < -0.39 is 5.60 Å². The van der Waals surface area contributed by atoms with E-state index in [9.17, 15) is 9.59 Å². The summed E-state index contributed by atoms with van der Waals surface area (Å²) < 4.78 is 5.82. The maximum atomic E-state index is 12.8. The minimum absolute atomic E-state index is 0.00584. The number of carbonyl (C=O) groups is 2. The molecule has 1 aromatic carbocycles. The first kappa shape index (κ1) is 20.3. The predicted octanol–water partition coefficient (Wildman–Crippen LogP) is 3.72. The fourth-order valence-electron chi connectivity index (χ4n) is 2.38. The molecule has 26 heavy (non-hydrogen) atoms. The number of rotatable bonds is 8. The fraction of sp³-hybridized carbons (Fsp3) is 0.368. The van der Waals surface area contributed by atoms with E-state index in [-0.39, 0.29) is 18.4 Å². The van der Waals surface area contributed by atoms with Crippen LogP contribution in [0.1, 0.15) is 25.6 Å². The predicted molar refractivity (Wildman–Crippen MR) is 105 cm³/mol. The Labute approximate surface area is 162 Å². The van der Waals surface area contributed by atoms with Crippen LogP contribution < -0.4 is 10.1 Å². The molecule has 2 rings (SSSR count). The van der Waals surface area contributed by atoms with Crippen molar-refractivity contribution in [1.29, 1.82) is 0 Å². The number of benzene rings is 1. The van der Waals surface area contributed by atoms with Gasteiger partial charge in [-0.3, -0.25) is 9.59 Å². The number of likely N-dealkylation sites (N-methyl/N-ethyl adjacent to an activating group) is 1. The fourth-order valence-corrected chi connectivity index (χ4v) is 3.15. The molecule has 0 aliphatic rings. The zero-order valence-electron chi connectivity index (χ0n) is 15.1. The summed E-state index contributed by atoms with van der Waals surface area (Å²) in [6, 6.07) is 10.7. The van der Waals surface area contributed by atoms with E-state index in [1.807, 2.05) is 24.4 Å². The van der Waals surface area contributed by atoms with Crippen molar-refractivity contribution in [3.63, 3.8) is 0 Å². The minimum atomic E-state index is -1.10. The Bertz CT molecular complexity index is 730. The average molecular weight is 395 g/mol. The van der Waals surface area contributed by atoms with Gasteiger partial charge in [-0.05, 0) is 56.5 Å². The van der Waals surface area contributed by atoms with Crippen LogP contribution in [0, 0.1) is 0 Å². The summed E-state index contributed by atoms with van der Waals surface area (Å²) in [6.45, 7) is 6.09. The molecule has 7 heteroatoms. The molecule has 0 aliphatic heterocycles. The molecule has 0 aliphatic carbocycles. The molecule has 0 spiro atoms. The summed E-state index contributed by atoms with van der Waals surface area (Å²) in [6.07, 6.45) is 0. The Hall–Kier alpha value is -2.05. The highest BCUT2D eigenvalue weighted by molar-refractivity contribution is 7.09. The smallest absolute Gasteiger partial charge is 0.266 e. The van der Waals surface area contributed by atoms with E-state index in [4.69, 9.17) is 16.3 Å². The van der Waals surface area contributed by atoms with Gasteiger partial charge in [0.25, 0.3) is 5.91 Å². The summed E-state index contributed by atoms with van der Waals surface area (Å²) in [5.74, 6) is 0.100. The molecule has 0 radical (unpaired) electrons. The van der Waals surface area contributed by atoms with Crippen LogP contribution in [0.2, 0.25) is 5.02 Å². The zero-order valence-corrected chi connectivity index (χ0v) is 16.7. The van der Waals surface area contributed by atoms with E-state index >= 15 is 0 Å². The first-order valence-electron chi connectivity index (χ1n) is 8.35. The van der Waals surface area contributed by atoms with Gasteiger partial charge in [0.15, 0.2) is 5.60 Å². The van der Waals surface area contributed by atoms with Gasteiger partial charge in [-0.1, -0.05) is 17.7 Å². The Morgan fingerprint density at radius 2 is 1.92 bits per heavy atom. The van der Waals surface area contributed by atoms with Crippen LogP contribution in [0.5, 0.6) is 5.75 Å². The van der Waals surface area contributed by atoms with Crippen LogP contribution in [-0.4, -0.2) is 35.4 Å². The number of ether oxygens (including phenoxy) is 1. The van der Waals surface area contributed by atoms with Crippen molar-refractivity contribution >= 4 is 34.8 Å². The Morgan fingerprint density at radius 1 is 1.23 bits per heavy atom. The first-order chi connectivity index (χ1) is 12.3. The maximum Gasteiger partial charge on any atom is 0.266 e. The molecule has 2 aromatic rings. The van der Waals surface area contributed by atoms with Crippen LogP contribution in [0.4, 0.5) is 0 Å². The average Bonchev–Trinajstić information content (AvgIpc) is 3.12. The van der Waals surface area contributed by atoms with E-state index in [0.717, 1.165) is 4.88 Å². The molecular formula is C19H23ClN2O3S. The summed E-state index contributed by atoms with van der Waals surface area (Å²) in [7, 11) is 0. The van der Waals surface area contributed by atoms with Crippen molar-refractivity contribution < 1.29 is 14.3 Å². The van der Waals surface area contributed by atoms with Crippen LogP contribution in [0.3, 0.4) is 0 Å². The quantitative estimate of drug-likeness (QED) is 0.742. The third kappa shape index (κ3) is 5.75. The number of nitrogens with zero attached hydrogens (tertiary/aromatic N) is 1. The molecule has 1 N–H and O–H groups in total. The summed E-state index contributed by atoms with van der Waals surface area (Å²) in [5.41, 5.74) is -1.10. The maximum absolute atomic E-state index is 12.8. The van der Waals surface area contributed by atoms with Gasteiger partial charge in [0.2, 0.25) is 5.91 Å². The molecule has 0 saturated carbocycles. The molecule has 0 saturated heterocycles. The van der Waals surface area contributed by atoms with Gasteiger partial charge in [-0.2, -0.15) is 0 Å². The molecule has 5 nitrogen and oxygen atoms in total. The number of hydrogen-bond donors (Lipinski definition) is 1. The highest BCUT2D eigenvalue weighted by atomic mass is 35.5. The van der Waals surface area contributed by atoms with Crippen LogP contribution in [-0.2, 0) is 16.1 Å². The van der Waals surface area contributed by atoms with Gasteiger partial charge in [0.1, 0.15) is 5.75 Å². The van der Waals surface area contributed by atoms with Gasteiger partial charge < -0.3 is 15.0 Å². The van der Waals surface area contributed by atoms with Crippen molar-refractivity contribution in [2.75, 3.05) is 13.1 Å². The van der Waals surface area contributed by atoms with Crippen LogP contribution in [0.25, 0.3) is 0 Å². The first-order valence-corrected chi connectivity index (χ1v) is 9.60. The standard InChI is InChI=1S/C19H23ClN2O3S/c1-4-22(13-17(23)21-12-16-6-5-11-26-16)18(24)19(2,3)25-15-9-7-14(20)8-10-15/h5-11H,4,12-13H2,1-3H3,(H,21,23). The van der Waals surface area contributed by atoms with Crippen molar-refractivity contribution in [1.82, 2.24) is 10.2 Å². The minimum Gasteiger partial charge on any atom is -0.478 e. The van der Waals surface area contributed by atoms with E-state index in [1.165, 1.54) is 4.90 Å². The van der Waals surface area contributed by atoms with Gasteiger partial charge in [0, 0.05) is 16.4 Å². The molecule has 1 heterocycles.